The fourth-order valence-electron chi connectivity index (χ4n) is 2.16. The number of carbonyl (C=O) groups excluding carboxylic acids is 1. The summed E-state index contributed by atoms with van der Waals surface area (Å²) in [6.45, 7) is 2.26. The van der Waals surface area contributed by atoms with Crippen LogP contribution >= 0.6 is 0 Å². The van der Waals surface area contributed by atoms with Gasteiger partial charge in [-0.2, -0.15) is 0 Å². The third-order valence-corrected chi connectivity index (χ3v) is 3.75. The molecule has 1 aromatic rings. The van der Waals surface area contributed by atoms with Crippen LogP contribution < -0.4 is 16.8 Å². The average molecular weight is 371 g/mol. The molecule has 1 saturated heterocycles. The van der Waals surface area contributed by atoms with Crippen LogP contribution in [-0.2, 0) is 25.5 Å². The zero-order valence-electron chi connectivity index (χ0n) is 14.4. The molecule has 0 unspecified atom stereocenters. The van der Waals surface area contributed by atoms with Crippen LogP contribution in [0.25, 0.3) is 0 Å². The fourth-order valence-corrected chi connectivity index (χ4v) is 2.16. The monoisotopic (exact) mass is 371 g/mol. The molecule has 0 bridgehead atoms. The van der Waals surface area contributed by atoms with Crippen molar-refractivity contribution in [1.82, 2.24) is 15.3 Å². The van der Waals surface area contributed by atoms with Gasteiger partial charge in [-0.25, -0.2) is 4.98 Å². The van der Waals surface area contributed by atoms with Gasteiger partial charge in [0.15, 0.2) is 0 Å². The number of aliphatic carboxylic acids is 2. The Kier molecular flexibility index (Phi) is 8.68. The summed E-state index contributed by atoms with van der Waals surface area (Å²) in [6, 6.07) is -2.43. The van der Waals surface area contributed by atoms with Gasteiger partial charge in [0.25, 0.3) is 0 Å². The van der Waals surface area contributed by atoms with Gasteiger partial charge in [-0.1, -0.05) is 0 Å². The average Bonchev–Trinajstić information content (AvgIpc) is 3.27. The number of carboxylic acids is 2. The third kappa shape index (κ3) is 7.17. The Labute approximate surface area is 150 Å². The molecule has 2 heterocycles. The minimum atomic E-state index is -1.27. The zero-order chi connectivity index (χ0) is 19.7. The minimum Gasteiger partial charge on any atom is -0.480 e. The second-order valence-electron chi connectivity index (χ2n) is 5.88. The largest absolute Gasteiger partial charge is 0.480 e. The summed E-state index contributed by atoms with van der Waals surface area (Å²) < 4.78 is 4.88. The van der Waals surface area contributed by atoms with E-state index in [0.717, 1.165) is 19.4 Å². The molecular formula is C15H25N5O6. The van der Waals surface area contributed by atoms with Crippen LogP contribution in [-0.4, -0.2) is 68.9 Å². The summed E-state index contributed by atoms with van der Waals surface area (Å²) in [7, 11) is 0. The van der Waals surface area contributed by atoms with Crippen LogP contribution in [0.1, 0.15) is 25.5 Å². The number of hydrogen-bond acceptors (Lipinski definition) is 8. The number of aromatic amines is 1. The smallest absolute Gasteiger partial charge is 0.324 e. The lowest BCUT2D eigenvalue weighted by atomic mass is 10.1. The molecule has 0 radical (unpaired) electrons. The number of aromatic nitrogens is 2. The summed E-state index contributed by atoms with van der Waals surface area (Å²) >= 11 is 0. The second kappa shape index (κ2) is 10.5. The van der Waals surface area contributed by atoms with Crippen molar-refractivity contribution in [3.05, 3.63) is 18.2 Å². The predicted octanol–water partition coefficient (Wildman–Crippen LogP) is -1.55. The normalized spacial score (nSPS) is 19.6. The lowest BCUT2D eigenvalue weighted by Crippen LogP contribution is -2.45. The first kappa shape index (κ1) is 21.5. The van der Waals surface area contributed by atoms with E-state index in [9.17, 15) is 14.4 Å². The lowest BCUT2D eigenvalue weighted by Gasteiger charge is -2.19. The van der Waals surface area contributed by atoms with Crippen molar-refractivity contribution in [2.75, 3.05) is 6.54 Å². The maximum absolute atomic E-state index is 11.6. The highest BCUT2D eigenvalue weighted by Crippen LogP contribution is 2.04. The molecule has 1 aliphatic heterocycles. The number of nitrogens with two attached hydrogens (primary N) is 2. The molecule has 1 fully saturated rings. The number of hydrogen-bond donors (Lipinski definition) is 6. The molecule has 2 rings (SSSR count). The Hall–Kier alpha value is -2.50. The number of rotatable bonds is 7. The number of H-pyrrole nitrogens is 1. The van der Waals surface area contributed by atoms with E-state index in [4.69, 9.17) is 26.4 Å². The molecule has 0 spiro atoms. The van der Waals surface area contributed by atoms with Crippen LogP contribution in [0.2, 0.25) is 0 Å². The van der Waals surface area contributed by atoms with E-state index in [0.29, 0.717) is 5.69 Å². The molecule has 0 amide bonds. The number of carbonyl (C=O) groups is 3. The Morgan fingerprint density at radius 2 is 2.08 bits per heavy atom. The number of esters is 1. The molecule has 11 nitrogen and oxygen atoms in total. The van der Waals surface area contributed by atoms with Gasteiger partial charge in [-0.15, -0.1) is 0 Å². The molecule has 146 valence electrons. The van der Waals surface area contributed by atoms with Crippen molar-refractivity contribution in [1.29, 1.82) is 0 Å². The van der Waals surface area contributed by atoms with Gasteiger partial charge >= 0.3 is 17.9 Å². The highest BCUT2D eigenvalue weighted by Gasteiger charge is 2.26. The molecule has 8 N–H and O–H groups in total. The lowest BCUT2D eigenvalue weighted by molar-refractivity contribution is -0.154. The van der Waals surface area contributed by atoms with Gasteiger partial charge < -0.3 is 36.7 Å². The molecule has 0 aromatic carbocycles. The van der Waals surface area contributed by atoms with E-state index in [-0.39, 0.29) is 12.5 Å². The first-order valence-corrected chi connectivity index (χ1v) is 8.10. The van der Waals surface area contributed by atoms with E-state index < -0.39 is 36.1 Å². The summed E-state index contributed by atoms with van der Waals surface area (Å²) in [5.74, 6) is -2.66. The van der Waals surface area contributed by atoms with Gasteiger partial charge in [0, 0.05) is 18.3 Å². The number of ether oxygens (including phenoxy) is 1. The summed E-state index contributed by atoms with van der Waals surface area (Å²) in [5, 5.41) is 19.9. The maximum atomic E-state index is 11.6. The number of imidazole rings is 1. The Morgan fingerprint density at radius 3 is 2.50 bits per heavy atom. The molecule has 11 heteroatoms. The molecule has 0 aliphatic carbocycles. The quantitative estimate of drug-likeness (QED) is 0.305. The van der Waals surface area contributed by atoms with Crippen molar-refractivity contribution >= 4 is 17.9 Å². The van der Waals surface area contributed by atoms with Crippen LogP contribution in [0.4, 0.5) is 0 Å². The first-order valence-electron chi connectivity index (χ1n) is 8.10. The highest BCUT2D eigenvalue weighted by molar-refractivity contribution is 5.78. The number of carboxylic acid groups (broad SMARTS) is 2. The maximum Gasteiger partial charge on any atom is 0.324 e. The molecular weight excluding hydrogens is 346 g/mol. The van der Waals surface area contributed by atoms with Gasteiger partial charge in [0.2, 0.25) is 0 Å². The van der Waals surface area contributed by atoms with Gasteiger partial charge in [0.1, 0.15) is 24.2 Å². The van der Waals surface area contributed by atoms with Crippen LogP contribution in [0, 0.1) is 0 Å². The van der Waals surface area contributed by atoms with Crippen molar-refractivity contribution in [3.8, 4) is 0 Å². The Bertz CT molecular complexity index is 587. The Morgan fingerprint density at radius 1 is 1.38 bits per heavy atom. The minimum absolute atomic E-state index is 0.230. The fraction of sp³-hybridized carbons (Fsp3) is 0.600. The van der Waals surface area contributed by atoms with E-state index in [1.807, 2.05) is 0 Å². The molecule has 1 aromatic heterocycles. The van der Waals surface area contributed by atoms with E-state index in [1.54, 1.807) is 6.20 Å². The standard InChI is InChI=1S/C10H16N4O4.C5H9NO2/c1-5(8(12)9(15)16)18-10(17)7(11)2-6-3-13-4-14-6;7-5(8)4-2-1-3-6-4/h3-5,7-8H,2,11-12H2,1H3,(H,13,14)(H,15,16);4,6H,1-3H2,(H,7,8)/t5-,7+,8+;4-/m10/s1. The third-order valence-electron chi connectivity index (χ3n) is 3.75. The van der Waals surface area contributed by atoms with Gasteiger partial charge in [0.05, 0.1) is 6.33 Å². The van der Waals surface area contributed by atoms with Crippen molar-refractivity contribution in [3.63, 3.8) is 0 Å². The van der Waals surface area contributed by atoms with E-state index >= 15 is 0 Å². The first-order chi connectivity index (χ1) is 12.2. The second-order valence-corrected chi connectivity index (χ2v) is 5.88. The topological polar surface area (TPSA) is 194 Å². The molecule has 1 aliphatic rings. The molecule has 26 heavy (non-hydrogen) atoms. The Balaban J connectivity index is 0.000000350. The van der Waals surface area contributed by atoms with Crippen LogP contribution in [0.15, 0.2) is 12.5 Å². The van der Waals surface area contributed by atoms with Crippen molar-refractivity contribution < 1.29 is 29.3 Å². The summed E-state index contributed by atoms with van der Waals surface area (Å²) in [5.41, 5.74) is 11.6. The number of nitrogens with one attached hydrogen (secondary N) is 2. The molecule has 0 saturated carbocycles. The molecule has 4 atom stereocenters. The predicted molar refractivity (Wildman–Crippen MR) is 90.1 cm³/mol. The summed E-state index contributed by atoms with van der Waals surface area (Å²) in [6.07, 6.45) is 4.08. The van der Waals surface area contributed by atoms with Gasteiger partial charge in [-0.05, 0) is 26.3 Å². The van der Waals surface area contributed by atoms with Crippen molar-refractivity contribution in [2.45, 2.75) is 50.4 Å². The van der Waals surface area contributed by atoms with Crippen LogP contribution in [0.3, 0.4) is 0 Å². The summed E-state index contributed by atoms with van der Waals surface area (Å²) in [4.78, 5) is 38.9. The SMILES string of the molecule is C[C@@H](OC(=O)[C@@H](N)Cc1cnc[nH]1)[C@H](N)C(=O)O.O=C(O)[C@@H]1CCCN1. The zero-order valence-corrected chi connectivity index (χ0v) is 14.4. The highest BCUT2D eigenvalue weighted by atomic mass is 16.5. The number of nitrogens with zero attached hydrogens (tertiary/aromatic N) is 1. The van der Waals surface area contributed by atoms with Crippen molar-refractivity contribution in [2.24, 2.45) is 11.5 Å². The van der Waals surface area contributed by atoms with Crippen LogP contribution in [0.5, 0.6) is 0 Å². The van der Waals surface area contributed by atoms with Gasteiger partial charge in [-0.3, -0.25) is 14.4 Å². The van der Waals surface area contributed by atoms with E-state index in [2.05, 4.69) is 15.3 Å². The van der Waals surface area contributed by atoms with E-state index in [1.165, 1.54) is 13.3 Å².